The number of methoxy groups -OCH3 is 2. The van der Waals surface area contributed by atoms with Crippen LogP contribution in [0, 0.1) is 6.92 Å². The highest BCUT2D eigenvalue weighted by atomic mass is 16.5. The first kappa shape index (κ1) is 13.8. The molecule has 0 aromatic heterocycles. The Bertz CT molecular complexity index is 484. The number of nitrogens with zero attached hydrogens (tertiary/aromatic N) is 1. The quantitative estimate of drug-likeness (QED) is 0.815. The predicted octanol–water partition coefficient (Wildman–Crippen LogP) is 1.06. The first-order valence-corrected chi connectivity index (χ1v) is 5.16. The van der Waals surface area contributed by atoms with Gasteiger partial charge in [-0.05, 0) is 18.6 Å². The number of amides is 1. The largest absolute Gasteiger partial charge is 0.496 e. The molecule has 0 aliphatic rings. The Balaban J connectivity index is 3.29. The SMILES string of the molecule is COc1cc(N(C)C(=O)C(=O)O)c(OC)cc1C. The zero-order chi connectivity index (χ0) is 13.9. The first-order valence-electron chi connectivity index (χ1n) is 5.16. The fourth-order valence-corrected chi connectivity index (χ4v) is 1.55. The molecule has 0 atom stereocenters. The van der Waals surface area contributed by atoms with Crippen LogP contribution in [0.4, 0.5) is 5.69 Å². The van der Waals surface area contributed by atoms with Gasteiger partial charge in [-0.3, -0.25) is 4.79 Å². The van der Waals surface area contributed by atoms with Crippen molar-refractivity contribution in [1.29, 1.82) is 0 Å². The minimum Gasteiger partial charge on any atom is -0.496 e. The van der Waals surface area contributed by atoms with Gasteiger partial charge in [0.25, 0.3) is 0 Å². The lowest BCUT2D eigenvalue weighted by atomic mass is 10.1. The maximum Gasteiger partial charge on any atom is 0.394 e. The van der Waals surface area contributed by atoms with Crippen LogP contribution >= 0.6 is 0 Å². The predicted molar refractivity (Wildman–Crippen MR) is 65.3 cm³/mol. The van der Waals surface area contributed by atoms with Crippen molar-refractivity contribution in [1.82, 2.24) is 0 Å². The molecule has 0 unspecified atom stereocenters. The average molecular weight is 253 g/mol. The molecular formula is C12H15NO5. The second-order valence-corrected chi connectivity index (χ2v) is 3.66. The molecule has 1 aromatic carbocycles. The highest BCUT2D eigenvalue weighted by molar-refractivity contribution is 6.37. The van der Waals surface area contributed by atoms with Gasteiger partial charge in [0.2, 0.25) is 0 Å². The van der Waals surface area contributed by atoms with Gasteiger partial charge in [0.1, 0.15) is 11.5 Å². The maximum atomic E-state index is 11.4. The van der Waals surface area contributed by atoms with Crippen molar-refractivity contribution in [2.75, 3.05) is 26.2 Å². The number of carbonyl (C=O) groups is 2. The molecule has 6 nitrogen and oxygen atoms in total. The van der Waals surface area contributed by atoms with Gasteiger partial charge in [0.05, 0.1) is 19.9 Å². The Morgan fingerprint density at radius 2 is 1.72 bits per heavy atom. The Labute approximate surface area is 105 Å². The van der Waals surface area contributed by atoms with Crippen molar-refractivity contribution in [3.63, 3.8) is 0 Å². The molecule has 0 bridgehead atoms. The molecule has 0 radical (unpaired) electrons. The fourth-order valence-electron chi connectivity index (χ4n) is 1.55. The van der Waals surface area contributed by atoms with Crippen molar-refractivity contribution >= 4 is 17.6 Å². The Hall–Kier alpha value is -2.24. The normalized spacial score (nSPS) is 9.78. The molecule has 18 heavy (non-hydrogen) atoms. The lowest BCUT2D eigenvalue weighted by Gasteiger charge is -2.19. The zero-order valence-corrected chi connectivity index (χ0v) is 10.7. The van der Waals surface area contributed by atoms with E-state index in [1.807, 2.05) is 6.92 Å². The molecule has 0 spiro atoms. The number of rotatable bonds is 3. The minimum absolute atomic E-state index is 0.340. The molecule has 1 rings (SSSR count). The van der Waals surface area contributed by atoms with E-state index >= 15 is 0 Å². The van der Waals surface area contributed by atoms with E-state index in [1.165, 1.54) is 21.3 Å². The standard InChI is InChI=1S/C12H15NO5/c1-7-5-10(18-4)8(6-9(7)17-3)13(2)11(14)12(15)16/h5-6H,1-4H3,(H,15,16). The highest BCUT2D eigenvalue weighted by Gasteiger charge is 2.22. The van der Waals surface area contributed by atoms with Gasteiger partial charge in [-0.1, -0.05) is 0 Å². The lowest BCUT2D eigenvalue weighted by molar-refractivity contribution is -0.148. The van der Waals surface area contributed by atoms with E-state index in [-0.39, 0.29) is 0 Å². The fraction of sp³-hybridized carbons (Fsp3) is 0.333. The van der Waals surface area contributed by atoms with Gasteiger partial charge in [0, 0.05) is 13.1 Å². The van der Waals surface area contributed by atoms with Crippen LogP contribution in [0.15, 0.2) is 12.1 Å². The van der Waals surface area contributed by atoms with E-state index in [0.717, 1.165) is 10.5 Å². The Morgan fingerprint density at radius 3 is 2.17 bits per heavy atom. The van der Waals surface area contributed by atoms with Crippen LogP contribution in [0.1, 0.15) is 5.56 Å². The second-order valence-electron chi connectivity index (χ2n) is 3.66. The number of hydrogen-bond donors (Lipinski definition) is 1. The minimum atomic E-state index is -1.53. The second kappa shape index (κ2) is 5.39. The monoisotopic (exact) mass is 253 g/mol. The molecule has 98 valence electrons. The van der Waals surface area contributed by atoms with Gasteiger partial charge < -0.3 is 19.5 Å². The van der Waals surface area contributed by atoms with E-state index in [1.54, 1.807) is 12.1 Å². The smallest absolute Gasteiger partial charge is 0.394 e. The Morgan fingerprint density at radius 1 is 1.17 bits per heavy atom. The van der Waals surface area contributed by atoms with Crippen LogP contribution in [0.25, 0.3) is 0 Å². The van der Waals surface area contributed by atoms with Crippen LogP contribution in [0.5, 0.6) is 11.5 Å². The molecular weight excluding hydrogens is 238 g/mol. The van der Waals surface area contributed by atoms with Crippen LogP contribution in [-0.4, -0.2) is 38.3 Å². The molecule has 0 fully saturated rings. The molecule has 1 amide bonds. The summed E-state index contributed by atoms with van der Waals surface area (Å²) in [4.78, 5) is 23.1. The summed E-state index contributed by atoms with van der Waals surface area (Å²) in [6.45, 7) is 1.82. The van der Waals surface area contributed by atoms with Crippen LogP contribution in [-0.2, 0) is 9.59 Å². The maximum absolute atomic E-state index is 11.4. The van der Waals surface area contributed by atoms with E-state index in [4.69, 9.17) is 14.6 Å². The number of carbonyl (C=O) groups excluding carboxylic acids is 1. The van der Waals surface area contributed by atoms with Crippen molar-refractivity contribution in [3.05, 3.63) is 17.7 Å². The van der Waals surface area contributed by atoms with Crippen molar-refractivity contribution in [3.8, 4) is 11.5 Å². The van der Waals surface area contributed by atoms with Gasteiger partial charge in [-0.25, -0.2) is 4.79 Å². The number of carboxylic acids is 1. The van der Waals surface area contributed by atoms with E-state index < -0.39 is 11.9 Å². The van der Waals surface area contributed by atoms with E-state index in [2.05, 4.69) is 0 Å². The molecule has 0 saturated heterocycles. The van der Waals surface area contributed by atoms with Crippen molar-refractivity contribution in [2.24, 2.45) is 0 Å². The van der Waals surface area contributed by atoms with Crippen molar-refractivity contribution < 1.29 is 24.2 Å². The number of likely N-dealkylation sites (N-methyl/N-ethyl adjacent to an activating group) is 1. The van der Waals surface area contributed by atoms with Crippen LogP contribution < -0.4 is 14.4 Å². The number of hydrogen-bond acceptors (Lipinski definition) is 4. The van der Waals surface area contributed by atoms with Gasteiger partial charge in [0.15, 0.2) is 0 Å². The summed E-state index contributed by atoms with van der Waals surface area (Å²) in [6.07, 6.45) is 0. The highest BCUT2D eigenvalue weighted by Crippen LogP contribution is 2.34. The van der Waals surface area contributed by atoms with Crippen LogP contribution in [0.2, 0.25) is 0 Å². The van der Waals surface area contributed by atoms with E-state index in [9.17, 15) is 9.59 Å². The molecule has 0 heterocycles. The third kappa shape index (κ3) is 2.53. The molecule has 0 saturated carbocycles. The third-order valence-electron chi connectivity index (χ3n) is 2.55. The summed E-state index contributed by atoms with van der Waals surface area (Å²) in [7, 11) is 4.31. The summed E-state index contributed by atoms with van der Waals surface area (Å²) < 4.78 is 10.3. The average Bonchev–Trinajstić information content (AvgIpc) is 2.36. The summed E-state index contributed by atoms with van der Waals surface area (Å²) in [5, 5.41) is 8.70. The first-order chi connectivity index (χ1) is 8.42. The summed E-state index contributed by atoms with van der Waals surface area (Å²) >= 11 is 0. The Kier molecular flexibility index (Phi) is 4.14. The van der Waals surface area contributed by atoms with E-state index in [0.29, 0.717) is 17.2 Å². The number of benzene rings is 1. The topological polar surface area (TPSA) is 76.1 Å². The number of aliphatic carboxylic acids is 1. The van der Waals surface area contributed by atoms with Gasteiger partial charge in [-0.2, -0.15) is 0 Å². The van der Waals surface area contributed by atoms with Gasteiger partial charge in [-0.15, -0.1) is 0 Å². The molecule has 0 aliphatic carbocycles. The third-order valence-corrected chi connectivity index (χ3v) is 2.55. The van der Waals surface area contributed by atoms with Gasteiger partial charge >= 0.3 is 11.9 Å². The zero-order valence-electron chi connectivity index (χ0n) is 10.7. The molecule has 1 N–H and O–H groups in total. The summed E-state index contributed by atoms with van der Waals surface area (Å²) in [5.74, 6) is -1.61. The van der Waals surface area contributed by atoms with Crippen molar-refractivity contribution in [2.45, 2.75) is 6.92 Å². The summed E-state index contributed by atoms with van der Waals surface area (Å²) in [6, 6.07) is 3.24. The molecule has 1 aromatic rings. The lowest BCUT2D eigenvalue weighted by Crippen LogP contribution is -2.33. The van der Waals surface area contributed by atoms with Crippen LogP contribution in [0.3, 0.4) is 0 Å². The molecule has 6 heteroatoms. The number of anilines is 1. The number of carboxylic acid groups (broad SMARTS) is 1. The molecule has 0 aliphatic heterocycles. The number of aryl methyl sites for hydroxylation is 1. The summed E-state index contributed by atoms with van der Waals surface area (Å²) in [5.41, 5.74) is 1.17. The number of ether oxygens (including phenoxy) is 2.